The number of carbonyl (C=O) groups excluding carboxylic acids is 1. The zero-order valence-electron chi connectivity index (χ0n) is 12.7. The second-order valence-corrected chi connectivity index (χ2v) is 5.79. The molecule has 0 fully saturated rings. The minimum absolute atomic E-state index is 0.00369. The number of nitrogens with zero attached hydrogens (tertiary/aromatic N) is 1. The van der Waals surface area contributed by atoms with Gasteiger partial charge in [-0.2, -0.15) is 5.26 Å². The summed E-state index contributed by atoms with van der Waals surface area (Å²) < 4.78 is 0. The summed E-state index contributed by atoms with van der Waals surface area (Å²) in [7, 11) is 0. The van der Waals surface area contributed by atoms with Gasteiger partial charge in [-0.15, -0.1) is 0 Å². The first-order chi connectivity index (χ1) is 11.6. The molecular formula is C18H15Cl2N3O. The van der Waals surface area contributed by atoms with E-state index in [0.717, 1.165) is 11.1 Å². The van der Waals surface area contributed by atoms with Crippen LogP contribution in [-0.2, 0) is 17.9 Å². The van der Waals surface area contributed by atoms with Crippen molar-refractivity contribution < 1.29 is 4.79 Å². The monoisotopic (exact) mass is 359 g/mol. The van der Waals surface area contributed by atoms with E-state index in [1.165, 1.54) is 6.20 Å². The zero-order chi connectivity index (χ0) is 17.4. The Morgan fingerprint density at radius 1 is 1.08 bits per heavy atom. The average Bonchev–Trinajstić information content (AvgIpc) is 2.59. The van der Waals surface area contributed by atoms with Gasteiger partial charge in [0.05, 0.1) is 0 Å². The Hall–Kier alpha value is -2.48. The quantitative estimate of drug-likeness (QED) is 0.608. The number of carbonyl (C=O) groups is 1. The van der Waals surface area contributed by atoms with Gasteiger partial charge in [-0.25, -0.2) is 0 Å². The molecule has 122 valence electrons. The Labute approximate surface area is 150 Å². The Morgan fingerprint density at radius 3 is 2.46 bits per heavy atom. The number of nitrogens with one attached hydrogen (secondary N) is 2. The molecule has 2 aromatic carbocycles. The molecule has 0 radical (unpaired) electrons. The summed E-state index contributed by atoms with van der Waals surface area (Å²) in [5.41, 5.74) is 1.78. The summed E-state index contributed by atoms with van der Waals surface area (Å²) >= 11 is 11.8. The predicted octanol–water partition coefficient (Wildman–Crippen LogP) is 3.81. The lowest BCUT2D eigenvalue weighted by molar-refractivity contribution is -0.117. The molecule has 6 heteroatoms. The van der Waals surface area contributed by atoms with E-state index < -0.39 is 5.91 Å². The van der Waals surface area contributed by atoms with Gasteiger partial charge in [0.15, 0.2) is 0 Å². The number of halogens is 2. The summed E-state index contributed by atoms with van der Waals surface area (Å²) in [5.74, 6) is -0.457. The van der Waals surface area contributed by atoms with Gasteiger partial charge < -0.3 is 10.6 Å². The van der Waals surface area contributed by atoms with Gasteiger partial charge in [0, 0.05) is 29.3 Å². The smallest absolute Gasteiger partial charge is 0.263 e. The Balaban J connectivity index is 1.90. The molecule has 0 atom stereocenters. The SMILES string of the molecule is N#C/C(=C/NCc1ccc(Cl)cc1)C(=O)NCc1ccccc1Cl. The third-order valence-electron chi connectivity index (χ3n) is 3.23. The van der Waals surface area contributed by atoms with Gasteiger partial charge in [0.1, 0.15) is 11.6 Å². The van der Waals surface area contributed by atoms with E-state index in [1.807, 2.05) is 36.4 Å². The van der Waals surface area contributed by atoms with E-state index in [1.54, 1.807) is 18.2 Å². The highest BCUT2D eigenvalue weighted by molar-refractivity contribution is 6.31. The molecule has 0 aliphatic heterocycles. The number of hydrogen-bond donors (Lipinski definition) is 2. The van der Waals surface area contributed by atoms with Crippen LogP contribution < -0.4 is 10.6 Å². The van der Waals surface area contributed by atoms with Crippen LogP contribution in [0.4, 0.5) is 0 Å². The topological polar surface area (TPSA) is 64.9 Å². The highest BCUT2D eigenvalue weighted by atomic mass is 35.5. The van der Waals surface area contributed by atoms with Crippen molar-refractivity contribution >= 4 is 29.1 Å². The molecule has 0 spiro atoms. The molecule has 0 unspecified atom stereocenters. The molecule has 1 amide bonds. The van der Waals surface area contributed by atoms with Gasteiger partial charge in [0.25, 0.3) is 5.91 Å². The standard InChI is InChI=1S/C18H15Cl2N3O/c19-16-7-5-13(6-8-16)10-22-11-15(9-21)18(24)23-12-14-3-1-2-4-17(14)20/h1-8,11,22H,10,12H2,(H,23,24)/b15-11-. The first kappa shape index (κ1) is 17.9. The van der Waals surface area contributed by atoms with Crippen molar-refractivity contribution in [1.82, 2.24) is 10.6 Å². The second kappa shape index (κ2) is 8.97. The third kappa shape index (κ3) is 5.31. The molecule has 0 aromatic heterocycles. The largest absolute Gasteiger partial charge is 0.386 e. The lowest BCUT2D eigenvalue weighted by Gasteiger charge is -2.07. The fourth-order valence-electron chi connectivity index (χ4n) is 1.93. The zero-order valence-corrected chi connectivity index (χ0v) is 14.2. The molecule has 0 bridgehead atoms. The van der Waals surface area contributed by atoms with E-state index in [-0.39, 0.29) is 12.1 Å². The summed E-state index contributed by atoms with van der Waals surface area (Å²) in [6, 6.07) is 16.4. The molecular weight excluding hydrogens is 345 g/mol. The van der Waals surface area contributed by atoms with Crippen molar-refractivity contribution in [1.29, 1.82) is 5.26 Å². The van der Waals surface area contributed by atoms with Gasteiger partial charge in [-0.05, 0) is 29.3 Å². The Kier molecular flexibility index (Phi) is 6.68. The predicted molar refractivity (Wildman–Crippen MR) is 95.3 cm³/mol. The van der Waals surface area contributed by atoms with Crippen LogP contribution in [0.3, 0.4) is 0 Å². The Bertz CT molecular complexity index is 780. The maximum atomic E-state index is 12.0. The van der Waals surface area contributed by atoms with Crippen LogP contribution in [0.5, 0.6) is 0 Å². The van der Waals surface area contributed by atoms with Crippen LogP contribution in [0.2, 0.25) is 10.0 Å². The number of amides is 1. The molecule has 4 nitrogen and oxygen atoms in total. The molecule has 0 saturated heterocycles. The fraction of sp³-hybridized carbons (Fsp3) is 0.111. The number of nitriles is 1. The highest BCUT2D eigenvalue weighted by Gasteiger charge is 2.09. The number of hydrogen-bond acceptors (Lipinski definition) is 3. The van der Waals surface area contributed by atoms with E-state index in [0.29, 0.717) is 16.6 Å². The van der Waals surface area contributed by atoms with Crippen molar-refractivity contribution in [3.05, 3.63) is 81.5 Å². The van der Waals surface area contributed by atoms with Crippen molar-refractivity contribution in [2.75, 3.05) is 0 Å². The van der Waals surface area contributed by atoms with Crippen molar-refractivity contribution in [2.45, 2.75) is 13.1 Å². The first-order valence-electron chi connectivity index (χ1n) is 7.20. The minimum atomic E-state index is -0.457. The van der Waals surface area contributed by atoms with Crippen molar-refractivity contribution in [3.8, 4) is 6.07 Å². The van der Waals surface area contributed by atoms with Gasteiger partial charge in [-0.3, -0.25) is 4.79 Å². The van der Waals surface area contributed by atoms with Crippen molar-refractivity contribution in [3.63, 3.8) is 0 Å². The summed E-state index contributed by atoms with van der Waals surface area (Å²) in [4.78, 5) is 12.0. The van der Waals surface area contributed by atoms with Crippen LogP contribution in [0.15, 0.2) is 60.3 Å². The maximum Gasteiger partial charge on any atom is 0.263 e. The van der Waals surface area contributed by atoms with Crippen LogP contribution in [0, 0.1) is 11.3 Å². The third-order valence-corrected chi connectivity index (χ3v) is 3.85. The van der Waals surface area contributed by atoms with Crippen LogP contribution in [0.1, 0.15) is 11.1 Å². The lowest BCUT2D eigenvalue weighted by atomic mass is 10.2. The molecule has 2 aromatic rings. The second-order valence-electron chi connectivity index (χ2n) is 4.95. The Morgan fingerprint density at radius 2 is 1.79 bits per heavy atom. The molecule has 2 rings (SSSR count). The summed E-state index contributed by atoms with van der Waals surface area (Å²) in [6.45, 7) is 0.745. The number of rotatable bonds is 6. The molecule has 0 aliphatic rings. The summed E-state index contributed by atoms with van der Waals surface area (Å²) in [6.07, 6.45) is 1.40. The molecule has 0 saturated carbocycles. The van der Waals surface area contributed by atoms with Gasteiger partial charge in [0.2, 0.25) is 0 Å². The number of benzene rings is 2. The molecule has 0 heterocycles. The van der Waals surface area contributed by atoms with Crippen LogP contribution in [-0.4, -0.2) is 5.91 Å². The fourth-order valence-corrected chi connectivity index (χ4v) is 2.26. The van der Waals surface area contributed by atoms with E-state index in [4.69, 9.17) is 28.5 Å². The highest BCUT2D eigenvalue weighted by Crippen LogP contribution is 2.14. The minimum Gasteiger partial charge on any atom is -0.386 e. The first-order valence-corrected chi connectivity index (χ1v) is 7.95. The summed E-state index contributed by atoms with van der Waals surface area (Å²) in [5, 5.41) is 16.0. The van der Waals surface area contributed by atoms with Crippen LogP contribution >= 0.6 is 23.2 Å². The van der Waals surface area contributed by atoms with Crippen molar-refractivity contribution in [2.24, 2.45) is 0 Å². The van der Waals surface area contributed by atoms with Gasteiger partial charge >= 0.3 is 0 Å². The van der Waals surface area contributed by atoms with Gasteiger partial charge in [-0.1, -0.05) is 53.5 Å². The van der Waals surface area contributed by atoms with Crippen LogP contribution in [0.25, 0.3) is 0 Å². The van der Waals surface area contributed by atoms with E-state index in [2.05, 4.69) is 10.6 Å². The van der Waals surface area contributed by atoms with E-state index in [9.17, 15) is 4.79 Å². The lowest BCUT2D eigenvalue weighted by Crippen LogP contribution is -2.25. The maximum absolute atomic E-state index is 12.0. The molecule has 2 N–H and O–H groups in total. The molecule has 24 heavy (non-hydrogen) atoms. The normalized spacial score (nSPS) is 10.8. The average molecular weight is 360 g/mol. The molecule has 0 aliphatic carbocycles. The van der Waals surface area contributed by atoms with E-state index >= 15 is 0 Å².